The van der Waals surface area contributed by atoms with Gasteiger partial charge in [0.05, 0.1) is 27.3 Å². The molecule has 13 heteroatoms. The van der Waals surface area contributed by atoms with E-state index in [1.165, 1.54) is 18.4 Å². The molecule has 1 saturated heterocycles. The number of hydrogen-bond acceptors (Lipinski definition) is 9. The summed E-state index contributed by atoms with van der Waals surface area (Å²) in [6.45, 7) is 8.84. The predicted molar refractivity (Wildman–Crippen MR) is 198 cm³/mol. The second-order valence-electron chi connectivity index (χ2n) is 12.8. The molecule has 0 saturated carbocycles. The Morgan fingerprint density at radius 1 is 0.962 bits per heavy atom. The number of cyclic esters (lactones) is 1. The van der Waals surface area contributed by atoms with Gasteiger partial charge in [-0.05, 0) is 81.8 Å². The molecule has 0 radical (unpaired) electrons. The Morgan fingerprint density at radius 2 is 1.69 bits per heavy atom. The average molecular weight is 724 g/mol. The molecule has 3 amide bonds. The van der Waals surface area contributed by atoms with E-state index in [0.717, 1.165) is 16.9 Å². The molecule has 1 aromatic heterocycles. The molecule has 0 aliphatic carbocycles. The molecule has 0 bridgehead atoms. The third-order valence-electron chi connectivity index (χ3n) is 8.53. The maximum Gasteiger partial charge on any atom is 0.418 e. The van der Waals surface area contributed by atoms with Gasteiger partial charge < -0.3 is 24.8 Å². The van der Waals surface area contributed by atoms with Crippen LogP contribution < -0.4 is 20.9 Å². The molecule has 1 fully saturated rings. The highest BCUT2D eigenvalue weighted by Gasteiger charge is 2.53. The molecule has 2 unspecified atom stereocenters. The van der Waals surface area contributed by atoms with E-state index in [9.17, 15) is 19.2 Å². The number of fused-ring (bicyclic) bond motifs is 1. The normalized spacial score (nSPS) is 14.9. The van der Waals surface area contributed by atoms with Gasteiger partial charge in [0, 0.05) is 12.1 Å². The first-order chi connectivity index (χ1) is 24.9. The third-order valence-corrected chi connectivity index (χ3v) is 8.86. The van der Waals surface area contributed by atoms with Crippen molar-refractivity contribution in [2.45, 2.75) is 59.0 Å². The topological polar surface area (TPSA) is 141 Å². The molecular weight excluding hydrogens is 686 g/mol. The molecule has 2 atom stereocenters. The van der Waals surface area contributed by atoms with E-state index >= 15 is 0 Å². The van der Waals surface area contributed by atoms with Crippen LogP contribution in [0.15, 0.2) is 95.8 Å². The van der Waals surface area contributed by atoms with Crippen LogP contribution in [0.3, 0.4) is 0 Å². The summed E-state index contributed by atoms with van der Waals surface area (Å²) in [7, 11) is 0. The van der Waals surface area contributed by atoms with E-state index < -0.39 is 41.4 Å². The number of carbonyl (C=O) groups excluding carboxylic acids is 3. The number of nitrogens with zero attached hydrogens (tertiary/aromatic N) is 3. The number of aryl methyl sites for hydroxylation is 2. The number of aromatic nitrogens is 2. The number of ether oxygens (including phenoxy) is 3. The van der Waals surface area contributed by atoms with E-state index in [-0.39, 0.29) is 34.2 Å². The van der Waals surface area contributed by atoms with Crippen LogP contribution in [0, 0.1) is 13.8 Å². The van der Waals surface area contributed by atoms with Crippen LogP contribution in [-0.2, 0) is 19.1 Å². The number of carbonyl (C=O) groups is 3. The summed E-state index contributed by atoms with van der Waals surface area (Å²) in [5, 5.41) is 6.36. The molecule has 2 N–H and O–H groups in total. The van der Waals surface area contributed by atoms with Crippen molar-refractivity contribution >= 4 is 51.8 Å². The summed E-state index contributed by atoms with van der Waals surface area (Å²) < 4.78 is 18.6. The van der Waals surface area contributed by atoms with Gasteiger partial charge in [-0.15, -0.1) is 0 Å². The number of para-hydroxylation sites is 2. The number of imide groups is 1. The van der Waals surface area contributed by atoms with Crippen molar-refractivity contribution in [3.8, 4) is 11.4 Å². The first kappa shape index (κ1) is 36.1. The van der Waals surface area contributed by atoms with Crippen molar-refractivity contribution in [3.63, 3.8) is 0 Å². The quantitative estimate of drug-likeness (QED) is 0.127. The molecule has 5 aromatic rings. The van der Waals surface area contributed by atoms with Gasteiger partial charge >= 0.3 is 6.09 Å². The zero-order valence-corrected chi connectivity index (χ0v) is 30.1. The van der Waals surface area contributed by atoms with Crippen molar-refractivity contribution in [2.75, 3.05) is 17.4 Å². The van der Waals surface area contributed by atoms with Gasteiger partial charge in [-0.3, -0.25) is 19.0 Å². The van der Waals surface area contributed by atoms with E-state index in [1.54, 1.807) is 72.8 Å². The Bertz CT molecular complexity index is 2220. The lowest BCUT2D eigenvalue weighted by Crippen LogP contribution is -2.45. The molecule has 1 aliphatic rings. The Balaban J connectivity index is 1.32. The fraction of sp³-hybridized carbons (Fsp3) is 0.256. The first-order valence-electron chi connectivity index (χ1n) is 16.7. The van der Waals surface area contributed by atoms with Gasteiger partial charge in [-0.2, -0.15) is 0 Å². The second kappa shape index (κ2) is 14.9. The Morgan fingerprint density at radius 3 is 2.38 bits per heavy atom. The lowest BCUT2D eigenvalue weighted by Gasteiger charge is -2.26. The molecule has 4 aromatic carbocycles. The number of rotatable bonds is 12. The Labute approximate surface area is 305 Å². The molecule has 6 rings (SSSR count). The van der Waals surface area contributed by atoms with Crippen LogP contribution in [0.2, 0.25) is 5.02 Å². The van der Waals surface area contributed by atoms with Crippen molar-refractivity contribution in [1.82, 2.24) is 14.5 Å². The maximum absolute atomic E-state index is 14.5. The Kier molecular flexibility index (Phi) is 10.3. The molecule has 1 aliphatic heterocycles. The fourth-order valence-electron chi connectivity index (χ4n) is 5.88. The minimum atomic E-state index is -1.75. The van der Waals surface area contributed by atoms with Crippen LogP contribution in [0.5, 0.6) is 5.75 Å². The zero-order valence-electron chi connectivity index (χ0n) is 29.3. The standard InChI is InChI=1S/C39H38ClN5O7/c1-6-32(51-31-19-16-23(2)20-24(31)3)50-22-41-25-17-18-28(40)30(21-25)43-35(46)33(45-37(48)39(4,5)52-38(45)49)34-42-29-15-11-10-14-27(29)36(47)44(34)26-12-8-7-9-13-26/h7-21,32-33,41H,6,22H2,1-5H3,(H,43,46). The third kappa shape index (κ3) is 7.34. The highest BCUT2D eigenvalue weighted by atomic mass is 35.5. The number of anilines is 2. The lowest BCUT2D eigenvalue weighted by molar-refractivity contribution is -0.139. The SMILES string of the molecule is CCC(OCNc1ccc(Cl)c(NC(=O)C(c2nc3ccccc3c(=O)n2-c2ccccc2)N2C(=O)OC(C)(C)C2=O)c1)Oc1ccc(C)cc1C. The van der Waals surface area contributed by atoms with Crippen molar-refractivity contribution < 1.29 is 28.6 Å². The first-order valence-corrected chi connectivity index (χ1v) is 17.1. The van der Waals surface area contributed by atoms with Gasteiger partial charge in [-0.1, -0.05) is 66.6 Å². The lowest BCUT2D eigenvalue weighted by atomic mass is 10.1. The van der Waals surface area contributed by atoms with E-state index in [2.05, 4.69) is 10.6 Å². The van der Waals surface area contributed by atoms with Crippen LogP contribution in [0.4, 0.5) is 16.2 Å². The summed E-state index contributed by atoms with van der Waals surface area (Å²) in [5.74, 6) is -1.10. The number of halogens is 1. The van der Waals surface area contributed by atoms with Crippen LogP contribution >= 0.6 is 11.6 Å². The highest BCUT2D eigenvalue weighted by Crippen LogP contribution is 2.35. The zero-order chi connectivity index (χ0) is 37.2. The fourth-order valence-corrected chi connectivity index (χ4v) is 6.04. The summed E-state index contributed by atoms with van der Waals surface area (Å²) in [5.41, 5.74) is 1.39. The van der Waals surface area contributed by atoms with Crippen molar-refractivity contribution in [1.29, 1.82) is 0 Å². The number of nitrogens with one attached hydrogen (secondary N) is 2. The van der Waals surface area contributed by atoms with Crippen molar-refractivity contribution in [2.24, 2.45) is 0 Å². The minimum Gasteiger partial charge on any atom is -0.465 e. The molecule has 0 spiro atoms. The van der Waals surface area contributed by atoms with Crippen LogP contribution in [0.25, 0.3) is 16.6 Å². The molecular formula is C39H38ClN5O7. The number of amides is 3. The largest absolute Gasteiger partial charge is 0.465 e. The molecule has 12 nitrogen and oxygen atoms in total. The molecule has 268 valence electrons. The van der Waals surface area contributed by atoms with Crippen molar-refractivity contribution in [3.05, 3.63) is 123 Å². The average Bonchev–Trinajstić information content (AvgIpc) is 3.32. The van der Waals surface area contributed by atoms with Gasteiger partial charge in [0.25, 0.3) is 17.4 Å². The summed E-state index contributed by atoms with van der Waals surface area (Å²) in [4.78, 5) is 61.0. The van der Waals surface area contributed by atoms with E-state index in [1.807, 2.05) is 39.0 Å². The smallest absolute Gasteiger partial charge is 0.418 e. The minimum absolute atomic E-state index is 0.0641. The highest BCUT2D eigenvalue weighted by molar-refractivity contribution is 6.34. The molecule has 52 heavy (non-hydrogen) atoms. The predicted octanol–water partition coefficient (Wildman–Crippen LogP) is 7.29. The summed E-state index contributed by atoms with van der Waals surface area (Å²) >= 11 is 6.57. The number of benzene rings is 4. The molecule has 2 heterocycles. The van der Waals surface area contributed by atoms with E-state index in [0.29, 0.717) is 22.7 Å². The maximum atomic E-state index is 14.5. The van der Waals surface area contributed by atoms with Gasteiger partial charge in [-0.25, -0.2) is 14.7 Å². The number of hydrogen-bond donors (Lipinski definition) is 2. The summed E-state index contributed by atoms with van der Waals surface area (Å²) in [6.07, 6.45) is -1.01. The van der Waals surface area contributed by atoms with E-state index in [4.69, 9.17) is 30.8 Å². The van der Waals surface area contributed by atoms with Crippen LogP contribution in [-0.4, -0.2) is 51.0 Å². The summed E-state index contributed by atoms with van der Waals surface area (Å²) in [6, 6.07) is 24.2. The van der Waals surface area contributed by atoms with Gasteiger partial charge in [0.2, 0.25) is 6.29 Å². The van der Waals surface area contributed by atoms with Gasteiger partial charge in [0.15, 0.2) is 11.6 Å². The van der Waals surface area contributed by atoms with Crippen LogP contribution in [0.1, 0.15) is 50.2 Å². The van der Waals surface area contributed by atoms with Gasteiger partial charge in [0.1, 0.15) is 18.3 Å². The second-order valence-corrected chi connectivity index (χ2v) is 13.2. The monoisotopic (exact) mass is 723 g/mol. The Hall–Kier alpha value is -5.72.